The summed E-state index contributed by atoms with van der Waals surface area (Å²) in [6.07, 6.45) is 0. The number of hydrazine groups is 1. The van der Waals surface area contributed by atoms with Crippen LogP contribution in [0.3, 0.4) is 0 Å². The fourth-order valence-electron chi connectivity index (χ4n) is 2.37. The third-order valence-electron chi connectivity index (χ3n) is 3.67. The van der Waals surface area contributed by atoms with E-state index in [1.165, 1.54) is 5.01 Å². The van der Waals surface area contributed by atoms with Gasteiger partial charge in [-0.1, -0.05) is 30.3 Å². The van der Waals surface area contributed by atoms with Gasteiger partial charge in [-0.2, -0.15) is 9.67 Å². The van der Waals surface area contributed by atoms with Crippen LogP contribution in [0.15, 0.2) is 30.3 Å². The van der Waals surface area contributed by atoms with Crippen molar-refractivity contribution in [2.75, 3.05) is 43.6 Å². The van der Waals surface area contributed by atoms with Gasteiger partial charge in [-0.25, -0.2) is 5.84 Å². The fraction of sp³-hybridized carbons (Fsp3) is 0.400. The molecule has 1 saturated heterocycles. The van der Waals surface area contributed by atoms with Gasteiger partial charge < -0.3 is 15.0 Å². The SMILES string of the molecule is CN(N)C(=S)n1nc(N2CCOCC2)nc1NCc1ccccc1. The fourth-order valence-corrected chi connectivity index (χ4v) is 2.50. The number of hydrogen-bond donors (Lipinski definition) is 2. The Morgan fingerprint density at radius 2 is 2.04 bits per heavy atom. The van der Waals surface area contributed by atoms with Gasteiger partial charge in [0.15, 0.2) is 0 Å². The highest BCUT2D eigenvalue weighted by Gasteiger charge is 2.20. The zero-order valence-electron chi connectivity index (χ0n) is 13.6. The third-order valence-corrected chi connectivity index (χ3v) is 4.13. The van der Waals surface area contributed by atoms with Crippen molar-refractivity contribution < 1.29 is 4.74 Å². The van der Waals surface area contributed by atoms with E-state index in [9.17, 15) is 0 Å². The van der Waals surface area contributed by atoms with Crippen LogP contribution in [0.1, 0.15) is 5.56 Å². The number of thiocarbonyl (C=S) groups is 1. The molecule has 8 nitrogen and oxygen atoms in total. The van der Waals surface area contributed by atoms with Crippen LogP contribution in [-0.4, -0.2) is 58.2 Å². The standard InChI is InChI=1S/C15H21N7OS/c1-20(16)15(24)22-13(17-11-12-5-3-2-4-6-12)18-14(19-22)21-7-9-23-10-8-21/h2-6H,7-11,16H2,1H3,(H,17,18,19). The van der Waals surface area contributed by atoms with Crippen LogP contribution in [0.5, 0.6) is 0 Å². The van der Waals surface area contributed by atoms with E-state index in [-0.39, 0.29) is 0 Å². The van der Waals surface area contributed by atoms with Gasteiger partial charge in [0, 0.05) is 26.7 Å². The molecule has 1 aromatic carbocycles. The molecule has 3 rings (SSSR count). The molecule has 0 aliphatic carbocycles. The first-order valence-corrected chi connectivity index (χ1v) is 8.16. The zero-order valence-corrected chi connectivity index (χ0v) is 14.4. The van der Waals surface area contributed by atoms with E-state index in [0.29, 0.717) is 36.8 Å². The Labute approximate surface area is 146 Å². The number of rotatable bonds is 4. The molecule has 128 valence electrons. The molecular formula is C15H21N7OS. The summed E-state index contributed by atoms with van der Waals surface area (Å²) in [6, 6.07) is 10.1. The van der Waals surface area contributed by atoms with Gasteiger partial charge in [-0.3, -0.25) is 5.01 Å². The van der Waals surface area contributed by atoms with Crippen LogP contribution >= 0.6 is 12.2 Å². The zero-order chi connectivity index (χ0) is 16.9. The number of nitrogens with one attached hydrogen (secondary N) is 1. The van der Waals surface area contributed by atoms with Crippen molar-refractivity contribution in [3.05, 3.63) is 35.9 Å². The van der Waals surface area contributed by atoms with E-state index in [1.807, 2.05) is 30.3 Å². The van der Waals surface area contributed by atoms with Crippen molar-refractivity contribution in [2.24, 2.45) is 5.84 Å². The molecule has 1 aliphatic rings. The Balaban J connectivity index is 1.81. The number of hydrogen-bond acceptors (Lipinski definition) is 7. The van der Waals surface area contributed by atoms with Gasteiger partial charge >= 0.3 is 0 Å². The Morgan fingerprint density at radius 1 is 1.33 bits per heavy atom. The molecule has 0 unspecified atom stereocenters. The van der Waals surface area contributed by atoms with E-state index >= 15 is 0 Å². The van der Waals surface area contributed by atoms with E-state index in [4.69, 9.17) is 22.8 Å². The maximum atomic E-state index is 5.77. The van der Waals surface area contributed by atoms with E-state index in [1.54, 1.807) is 11.7 Å². The van der Waals surface area contributed by atoms with Gasteiger partial charge in [-0.05, 0) is 17.8 Å². The number of aromatic nitrogens is 3. The monoisotopic (exact) mass is 347 g/mol. The highest BCUT2D eigenvalue weighted by atomic mass is 32.1. The smallest absolute Gasteiger partial charge is 0.247 e. The lowest BCUT2D eigenvalue weighted by Gasteiger charge is -2.25. The van der Waals surface area contributed by atoms with Crippen molar-refractivity contribution in [2.45, 2.75) is 6.54 Å². The maximum Gasteiger partial charge on any atom is 0.247 e. The summed E-state index contributed by atoms with van der Waals surface area (Å²) in [6.45, 7) is 3.48. The lowest BCUT2D eigenvalue weighted by Crippen LogP contribution is -2.38. The minimum Gasteiger partial charge on any atom is -0.378 e. The average molecular weight is 347 g/mol. The molecule has 2 aromatic rings. The van der Waals surface area contributed by atoms with Crippen LogP contribution in [-0.2, 0) is 11.3 Å². The molecule has 0 bridgehead atoms. The number of ether oxygens (including phenoxy) is 1. The summed E-state index contributed by atoms with van der Waals surface area (Å²) < 4.78 is 6.93. The Hall–Kier alpha value is -2.23. The maximum absolute atomic E-state index is 5.77. The first-order chi connectivity index (χ1) is 11.6. The second-order valence-electron chi connectivity index (χ2n) is 5.48. The Bertz CT molecular complexity index is 682. The molecule has 1 aliphatic heterocycles. The molecule has 0 spiro atoms. The van der Waals surface area contributed by atoms with Crippen LogP contribution in [0.25, 0.3) is 0 Å². The topological polar surface area (TPSA) is 84.5 Å². The minimum atomic E-state index is 0.373. The van der Waals surface area contributed by atoms with E-state index in [0.717, 1.165) is 18.7 Å². The molecule has 3 N–H and O–H groups in total. The summed E-state index contributed by atoms with van der Waals surface area (Å²) in [5.74, 6) is 6.97. The minimum absolute atomic E-state index is 0.373. The molecule has 0 radical (unpaired) electrons. The van der Waals surface area contributed by atoms with E-state index in [2.05, 4.69) is 20.3 Å². The van der Waals surface area contributed by atoms with Gasteiger partial charge in [-0.15, -0.1) is 5.10 Å². The first-order valence-electron chi connectivity index (χ1n) is 7.75. The van der Waals surface area contributed by atoms with Crippen LogP contribution in [0.4, 0.5) is 11.9 Å². The summed E-state index contributed by atoms with van der Waals surface area (Å²) in [5, 5.41) is 9.53. The number of anilines is 2. The van der Waals surface area contributed by atoms with Crippen LogP contribution < -0.4 is 16.1 Å². The second-order valence-corrected chi connectivity index (χ2v) is 5.84. The van der Waals surface area contributed by atoms with Gasteiger partial charge in [0.1, 0.15) is 0 Å². The van der Waals surface area contributed by atoms with Gasteiger partial charge in [0.2, 0.25) is 17.0 Å². The highest BCUT2D eigenvalue weighted by molar-refractivity contribution is 7.80. The number of nitrogens with two attached hydrogens (primary N) is 1. The summed E-state index contributed by atoms with van der Waals surface area (Å²) in [5.41, 5.74) is 1.15. The largest absolute Gasteiger partial charge is 0.378 e. The van der Waals surface area contributed by atoms with Gasteiger partial charge in [0.05, 0.1) is 13.2 Å². The lowest BCUT2D eigenvalue weighted by atomic mass is 10.2. The quantitative estimate of drug-likeness (QED) is 0.474. The Morgan fingerprint density at radius 3 is 2.71 bits per heavy atom. The molecule has 24 heavy (non-hydrogen) atoms. The van der Waals surface area contributed by atoms with Crippen molar-refractivity contribution >= 4 is 29.2 Å². The molecule has 1 aromatic heterocycles. The molecular weight excluding hydrogens is 326 g/mol. The predicted molar refractivity (Wildman–Crippen MR) is 96.8 cm³/mol. The Kier molecular flexibility index (Phi) is 5.24. The number of morpholine rings is 1. The molecule has 0 amide bonds. The van der Waals surface area contributed by atoms with E-state index < -0.39 is 0 Å². The van der Waals surface area contributed by atoms with Gasteiger partial charge in [0.25, 0.3) is 0 Å². The number of benzene rings is 1. The average Bonchev–Trinajstić information content (AvgIpc) is 3.05. The molecule has 0 saturated carbocycles. The summed E-state index contributed by atoms with van der Waals surface area (Å²) in [4.78, 5) is 6.67. The molecule has 9 heteroatoms. The second kappa shape index (κ2) is 7.56. The molecule has 0 atom stereocenters. The number of nitrogens with zero attached hydrogens (tertiary/aromatic N) is 5. The normalized spacial score (nSPS) is 14.5. The predicted octanol–water partition coefficient (Wildman–Crippen LogP) is 0.665. The van der Waals surface area contributed by atoms with Crippen LogP contribution in [0.2, 0.25) is 0 Å². The van der Waals surface area contributed by atoms with Crippen molar-refractivity contribution in [3.63, 3.8) is 0 Å². The summed E-state index contributed by atoms with van der Waals surface area (Å²) >= 11 is 5.36. The van der Waals surface area contributed by atoms with Crippen molar-refractivity contribution in [3.8, 4) is 0 Å². The van der Waals surface area contributed by atoms with Crippen molar-refractivity contribution in [1.29, 1.82) is 0 Å². The first kappa shape index (κ1) is 16.6. The third kappa shape index (κ3) is 3.81. The molecule has 2 heterocycles. The summed E-state index contributed by atoms with van der Waals surface area (Å²) in [7, 11) is 1.68. The van der Waals surface area contributed by atoms with Crippen molar-refractivity contribution in [1.82, 2.24) is 19.8 Å². The van der Waals surface area contributed by atoms with Crippen LogP contribution in [0, 0.1) is 0 Å². The highest BCUT2D eigenvalue weighted by Crippen LogP contribution is 2.16. The molecule has 1 fully saturated rings. The lowest BCUT2D eigenvalue weighted by molar-refractivity contribution is 0.122.